The number of carbonyl (C=O) groups is 2. The van der Waals surface area contributed by atoms with Crippen molar-refractivity contribution < 1.29 is 14.0 Å². The van der Waals surface area contributed by atoms with Crippen LogP contribution in [0.3, 0.4) is 0 Å². The zero-order valence-corrected chi connectivity index (χ0v) is 18.5. The van der Waals surface area contributed by atoms with Crippen molar-refractivity contribution in [2.45, 2.75) is 25.9 Å². The van der Waals surface area contributed by atoms with Crippen LogP contribution in [-0.2, 0) is 16.6 Å². The number of nitrogens with one attached hydrogen (secondary N) is 1. The number of hydrogen-bond donors (Lipinski definition) is 1. The molecule has 0 aliphatic carbocycles. The highest BCUT2D eigenvalue weighted by molar-refractivity contribution is 7.99. The van der Waals surface area contributed by atoms with Gasteiger partial charge < -0.3 is 19.2 Å². The van der Waals surface area contributed by atoms with E-state index >= 15 is 0 Å². The van der Waals surface area contributed by atoms with E-state index in [0.29, 0.717) is 11.0 Å². The molecule has 0 spiro atoms. The zero-order chi connectivity index (χ0) is 21.8. The molecule has 0 aliphatic rings. The van der Waals surface area contributed by atoms with Crippen LogP contribution in [0.4, 0.5) is 5.69 Å². The molecule has 0 radical (unpaired) electrons. The van der Waals surface area contributed by atoms with Crippen molar-refractivity contribution in [3.8, 4) is 11.4 Å². The number of aromatic nitrogens is 3. The van der Waals surface area contributed by atoms with E-state index in [-0.39, 0.29) is 24.1 Å². The minimum absolute atomic E-state index is 0.0224. The van der Waals surface area contributed by atoms with Crippen molar-refractivity contribution in [2.75, 3.05) is 24.7 Å². The summed E-state index contributed by atoms with van der Waals surface area (Å²) in [6.45, 7) is 5.72. The highest BCUT2D eigenvalue weighted by atomic mass is 32.2. The van der Waals surface area contributed by atoms with Gasteiger partial charge in [0.1, 0.15) is 5.76 Å². The molecule has 0 saturated heterocycles. The van der Waals surface area contributed by atoms with Crippen LogP contribution in [0.5, 0.6) is 0 Å². The standard InChI is InChI=1S/C21H25N5O3S/c1-13-7-6-8-14(2)19(13)22-17(27)11-25(4)18(28)12-30-21-24-23-20(26(21)5)16-9-10-29-15(16)3/h6-10H,11-12H2,1-5H3,(H,22,27). The van der Waals surface area contributed by atoms with E-state index < -0.39 is 0 Å². The van der Waals surface area contributed by atoms with Crippen LogP contribution in [0.1, 0.15) is 16.9 Å². The summed E-state index contributed by atoms with van der Waals surface area (Å²) in [7, 11) is 3.46. The van der Waals surface area contributed by atoms with E-state index in [1.165, 1.54) is 16.7 Å². The van der Waals surface area contributed by atoms with Crippen molar-refractivity contribution in [3.63, 3.8) is 0 Å². The topological polar surface area (TPSA) is 93.3 Å². The molecule has 9 heteroatoms. The fourth-order valence-corrected chi connectivity index (χ4v) is 3.87. The normalized spacial score (nSPS) is 10.8. The van der Waals surface area contributed by atoms with Crippen molar-refractivity contribution >= 4 is 29.3 Å². The lowest BCUT2D eigenvalue weighted by Gasteiger charge is -2.18. The van der Waals surface area contributed by atoms with Gasteiger partial charge in [0.15, 0.2) is 11.0 Å². The van der Waals surface area contributed by atoms with Gasteiger partial charge in [0.05, 0.1) is 24.1 Å². The number of carbonyl (C=O) groups excluding carboxylic acids is 2. The molecule has 0 atom stereocenters. The largest absolute Gasteiger partial charge is 0.469 e. The first-order valence-electron chi connectivity index (χ1n) is 9.44. The molecule has 0 unspecified atom stereocenters. The first-order valence-corrected chi connectivity index (χ1v) is 10.4. The van der Waals surface area contributed by atoms with Gasteiger partial charge in [0.2, 0.25) is 11.8 Å². The number of aryl methyl sites for hydroxylation is 3. The van der Waals surface area contributed by atoms with Gasteiger partial charge in [-0.05, 0) is 38.0 Å². The number of amides is 2. The lowest BCUT2D eigenvalue weighted by molar-refractivity contribution is -0.131. The van der Waals surface area contributed by atoms with Crippen LogP contribution in [0, 0.1) is 20.8 Å². The SMILES string of the molecule is Cc1cccc(C)c1NC(=O)CN(C)C(=O)CSc1nnc(-c2ccoc2C)n1C. The van der Waals surface area contributed by atoms with Crippen LogP contribution in [0.25, 0.3) is 11.4 Å². The Balaban J connectivity index is 1.56. The van der Waals surface area contributed by atoms with Gasteiger partial charge in [-0.15, -0.1) is 10.2 Å². The van der Waals surface area contributed by atoms with Crippen molar-refractivity contribution in [1.82, 2.24) is 19.7 Å². The molecule has 30 heavy (non-hydrogen) atoms. The van der Waals surface area contributed by atoms with Gasteiger partial charge in [0.25, 0.3) is 0 Å². The molecule has 2 amide bonds. The molecule has 3 aromatic rings. The summed E-state index contributed by atoms with van der Waals surface area (Å²) < 4.78 is 7.14. The molecule has 2 heterocycles. The Labute approximate surface area is 179 Å². The van der Waals surface area contributed by atoms with E-state index in [0.717, 1.165) is 28.1 Å². The van der Waals surface area contributed by atoms with E-state index in [9.17, 15) is 9.59 Å². The van der Waals surface area contributed by atoms with Crippen molar-refractivity contribution in [1.29, 1.82) is 0 Å². The van der Waals surface area contributed by atoms with E-state index in [1.807, 2.05) is 56.7 Å². The number of benzene rings is 1. The Bertz CT molecular complexity index is 1050. The van der Waals surface area contributed by atoms with Gasteiger partial charge in [-0.1, -0.05) is 30.0 Å². The molecule has 0 saturated carbocycles. The third-order valence-corrected chi connectivity index (χ3v) is 5.82. The van der Waals surface area contributed by atoms with Gasteiger partial charge in [-0.3, -0.25) is 9.59 Å². The predicted octanol–water partition coefficient (Wildman–Crippen LogP) is 3.19. The second-order valence-electron chi connectivity index (χ2n) is 7.11. The van der Waals surface area contributed by atoms with Crippen LogP contribution in [0.15, 0.2) is 40.1 Å². The van der Waals surface area contributed by atoms with Crippen LogP contribution in [0.2, 0.25) is 0 Å². The molecule has 0 fully saturated rings. The second-order valence-corrected chi connectivity index (χ2v) is 8.05. The summed E-state index contributed by atoms with van der Waals surface area (Å²) in [5.41, 5.74) is 3.63. The highest BCUT2D eigenvalue weighted by Crippen LogP contribution is 2.26. The van der Waals surface area contributed by atoms with Crippen LogP contribution in [-0.4, -0.2) is 50.8 Å². The smallest absolute Gasteiger partial charge is 0.243 e. The number of nitrogens with zero attached hydrogens (tertiary/aromatic N) is 4. The van der Waals surface area contributed by atoms with E-state index in [1.54, 1.807) is 13.3 Å². The maximum absolute atomic E-state index is 12.5. The van der Waals surface area contributed by atoms with Crippen LogP contribution >= 0.6 is 11.8 Å². The molecule has 2 aromatic heterocycles. The summed E-state index contributed by atoms with van der Waals surface area (Å²) in [5, 5.41) is 11.9. The minimum Gasteiger partial charge on any atom is -0.469 e. The van der Waals surface area contributed by atoms with Crippen LogP contribution < -0.4 is 5.32 Å². The maximum Gasteiger partial charge on any atom is 0.243 e. The maximum atomic E-state index is 12.5. The number of furan rings is 1. The lowest BCUT2D eigenvalue weighted by Crippen LogP contribution is -2.36. The summed E-state index contributed by atoms with van der Waals surface area (Å²) in [5.74, 6) is 1.19. The fraction of sp³-hybridized carbons (Fsp3) is 0.333. The third-order valence-electron chi connectivity index (χ3n) is 4.81. The highest BCUT2D eigenvalue weighted by Gasteiger charge is 2.18. The molecule has 0 bridgehead atoms. The minimum atomic E-state index is -0.232. The van der Waals surface area contributed by atoms with E-state index in [2.05, 4.69) is 15.5 Å². The molecule has 8 nitrogen and oxygen atoms in total. The molecular weight excluding hydrogens is 402 g/mol. The number of para-hydroxylation sites is 1. The third kappa shape index (κ3) is 4.73. The van der Waals surface area contributed by atoms with Gasteiger partial charge in [-0.2, -0.15) is 0 Å². The number of hydrogen-bond acceptors (Lipinski definition) is 6. The molecule has 3 rings (SSSR count). The first-order chi connectivity index (χ1) is 14.3. The monoisotopic (exact) mass is 427 g/mol. The summed E-state index contributed by atoms with van der Waals surface area (Å²) in [6.07, 6.45) is 1.61. The number of rotatable bonds is 7. The molecular formula is C21H25N5O3S. The Morgan fingerprint density at radius 3 is 2.50 bits per heavy atom. The quantitative estimate of drug-likeness (QED) is 0.582. The molecule has 158 valence electrons. The molecule has 1 N–H and O–H groups in total. The van der Waals surface area contributed by atoms with Gasteiger partial charge in [0, 0.05) is 19.8 Å². The zero-order valence-electron chi connectivity index (χ0n) is 17.7. The van der Waals surface area contributed by atoms with Gasteiger partial charge >= 0.3 is 0 Å². The Kier molecular flexibility index (Phi) is 6.61. The van der Waals surface area contributed by atoms with E-state index in [4.69, 9.17) is 4.42 Å². The first kappa shape index (κ1) is 21.6. The number of likely N-dealkylation sites (N-methyl/N-ethyl adjacent to an activating group) is 1. The summed E-state index contributed by atoms with van der Waals surface area (Å²) in [6, 6.07) is 7.66. The lowest BCUT2D eigenvalue weighted by atomic mass is 10.1. The summed E-state index contributed by atoms with van der Waals surface area (Å²) >= 11 is 1.28. The Morgan fingerprint density at radius 1 is 1.17 bits per heavy atom. The predicted molar refractivity (Wildman–Crippen MR) is 116 cm³/mol. The Hall–Kier alpha value is -3.07. The van der Waals surface area contributed by atoms with Crippen molar-refractivity contribution in [3.05, 3.63) is 47.4 Å². The Morgan fingerprint density at radius 2 is 1.87 bits per heavy atom. The molecule has 1 aromatic carbocycles. The average Bonchev–Trinajstić information content (AvgIpc) is 3.27. The number of anilines is 1. The fourth-order valence-electron chi connectivity index (χ4n) is 3.02. The molecule has 0 aliphatic heterocycles. The number of thioether (sulfide) groups is 1. The van der Waals surface area contributed by atoms with Crippen molar-refractivity contribution in [2.24, 2.45) is 7.05 Å². The summed E-state index contributed by atoms with van der Waals surface area (Å²) in [4.78, 5) is 26.3. The second kappa shape index (κ2) is 9.17. The average molecular weight is 428 g/mol. The van der Waals surface area contributed by atoms with Gasteiger partial charge in [-0.25, -0.2) is 0 Å².